The molecule has 7 nitrogen and oxygen atoms in total. The fourth-order valence-electron chi connectivity index (χ4n) is 1.68. The number of amides is 3. The van der Waals surface area contributed by atoms with Gasteiger partial charge in [0.1, 0.15) is 6.54 Å². The molecule has 0 bridgehead atoms. The first-order chi connectivity index (χ1) is 12.0. The van der Waals surface area contributed by atoms with E-state index >= 15 is 0 Å². The molecule has 0 spiro atoms. The zero-order valence-corrected chi connectivity index (χ0v) is 15.2. The van der Waals surface area contributed by atoms with Crippen molar-refractivity contribution in [3.8, 4) is 0 Å². The number of imide groups is 1. The van der Waals surface area contributed by atoms with E-state index in [1.807, 2.05) is 0 Å². The summed E-state index contributed by atoms with van der Waals surface area (Å²) in [5.74, 6) is -2.53. The van der Waals surface area contributed by atoms with Crippen LogP contribution >= 0.6 is 27.3 Å². The highest BCUT2D eigenvalue weighted by atomic mass is 79.9. The Bertz CT molecular complexity index is 774. The second kappa shape index (κ2) is 9.09. The largest absolute Gasteiger partial charge is 0.454 e. The number of nitrogens with one attached hydrogen (secondary N) is 2. The summed E-state index contributed by atoms with van der Waals surface area (Å²) in [6.45, 7) is -0.995. The lowest BCUT2D eigenvalue weighted by Gasteiger charge is -2.07. The molecule has 2 N–H and O–H groups in total. The normalized spacial score (nSPS) is 9.96. The Morgan fingerprint density at radius 1 is 1.04 bits per heavy atom. The quantitative estimate of drug-likeness (QED) is 0.687. The van der Waals surface area contributed by atoms with Gasteiger partial charge in [-0.1, -0.05) is 22.0 Å². The van der Waals surface area contributed by atoms with E-state index < -0.39 is 30.3 Å². The Hall–Kier alpha value is -2.52. The minimum atomic E-state index is -0.788. The third-order valence-corrected chi connectivity index (χ3v) is 4.26. The Morgan fingerprint density at radius 2 is 1.76 bits per heavy atom. The molecule has 0 aliphatic carbocycles. The summed E-state index contributed by atoms with van der Waals surface area (Å²) in [6.07, 6.45) is 0. The van der Waals surface area contributed by atoms with Crippen molar-refractivity contribution in [3.63, 3.8) is 0 Å². The molecule has 2 rings (SSSR count). The standard InChI is InChI=1S/C16H13BrN2O5S/c17-11-5-3-10(4-6-11)15(22)18-8-14(21)24-9-13(20)19-16(23)12-2-1-7-25-12/h1-7H,8-9H2,(H,18,22)(H,19,20,23). The van der Waals surface area contributed by atoms with Crippen LogP contribution < -0.4 is 10.6 Å². The van der Waals surface area contributed by atoms with E-state index in [4.69, 9.17) is 4.74 Å². The molecule has 0 saturated heterocycles. The van der Waals surface area contributed by atoms with Gasteiger partial charge in [-0.2, -0.15) is 0 Å². The van der Waals surface area contributed by atoms with Crippen molar-refractivity contribution >= 4 is 51.0 Å². The molecule has 0 unspecified atom stereocenters. The number of hydrogen-bond acceptors (Lipinski definition) is 6. The molecule has 0 fully saturated rings. The van der Waals surface area contributed by atoms with Crippen LogP contribution in [0, 0.1) is 0 Å². The minimum Gasteiger partial charge on any atom is -0.454 e. The zero-order chi connectivity index (χ0) is 18.2. The smallest absolute Gasteiger partial charge is 0.325 e. The van der Waals surface area contributed by atoms with Gasteiger partial charge in [0.25, 0.3) is 17.7 Å². The average Bonchev–Trinajstić information content (AvgIpc) is 3.13. The van der Waals surface area contributed by atoms with Crippen molar-refractivity contribution in [1.82, 2.24) is 10.6 Å². The fourth-order valence-corrected chi connectivity index (χ4v) is 2.57. The maximum Gasteiger partial charge on any atom is 0.325 e. The van der Waals surface area contributed by atoms with Gasteiger partial charge in [0.2, 0.25) is 0 Å². The van der Waals surface area contributed by atoms with Crippen molar-refractivity contribution < 1.29 is 23.9 Å². The molecule has 1 aromatic carbocycles. The van der Waals surface area contributed by atoms with Crippen LogP contribution in [0.25, 0.3) is 0 Å². The van der Waals surface area contributed by atoms with Crippen molar-refractivity contribution in [3.05, 3.63) is 56.7 Å². The van der Waals surface area contributed by atoms with Gasteiger partial charge >= 0.3 is 5.97 Å². The Kier molecular flexibility index (Phi) is 6.84. The SMILES string of the molecule is O=C(COC(=O)CNC(=O)c1ccc(Br)cc1)NC(=O)c1cccs1. The summed E-state index contributed by atoms with van der Waals surface area (Å²) in [5, 5.41) is 6.18. The molecule has 3 amide bonds. The molecule has 0 radical (unpaired) electrons. The maximum absolute atomic E-state index is 11.8. The lowest BCUT2D eigenvalue weighted by Crippen LogP contribution is -2.36. The molecule has 9 heteroatoms. The number of thiophene rings is 1. The molecular weight excluding hydrogens is 412 g/mol. The third kappa shape index (κ3) is 6.12. The highest BCUT2D eigenvalue weighted by molar-refractivity contribution is 9.10. The van der Waals surface area contributed by atoms with Gasteiger partial charge in [-0.05, 0) is 35.7 Å². The van der Waals surface area contributed by atoms with Crippen molar-refractivity contribution in [2.24, 2.45) is 0 Å². The molecule has 0 atom stereocenters. The summed E-state index contributed by atoms with van der Waals surface area (Å²) < 4.78 is 5.53. The van der Waals surface area contributed by atoms with Crippen LogP contribution in [-0.2, 0) is 14.3 Å². The second-order valence-corrected chi connectivity index (χ2v) is 6.57. The van der Waals surface area contributed by atoms with Gasteiger partial charge in [0.05, 0.1) is 4.88 Å². The van der Waals surface area contributed by atoms with Crippen LogP contribution in [0.2, 0.25) is 0 Å². The van der Waals surface area contributed by atoms with Gasteiger partial charge in [-0.15, -0.1) is 11.3 Å². The Labute approximate surface area is 155 Å². The lowest BCUT2D eigenvalue weighted by molar-refractivity contribution is -0.147. The van der Waals surface area contributed by atoms with Gasteiger partial charge in [0.15, 0.2) is 6.61 Å². The number of ether oxygens (including phenoxy) is 1. The first kappa shape index (κ1) is 18.8. The predicted molar refractivity (Wildman–Crippen MR) is 94.2 cm³/mol. The molecule has 0 aliphatic heterocycles. The zero-order valence-electron chi connectivity index (χ0n) is 12.8. The topological polar surface area (TPSA) is 102 Å². The highest BCUT2D eigenvalue weighted by Crippen LogP contribution is 2.10. The number of benzene rings is 1. The van der Waals surface area contributed by atoms with E-state index in [1.54, 1.807) is 41.8 Å². The fraction of sp³-hybridized carbons (Fsp3) is 0.125. The summed E-state index contributed by atoms with van der Waals surface area (Å²) in [7, 11) is 0. The van der Waals surface area contributed by atoms with Crippen LogP contribution in [0.15, 0.2) is 46.3 Å². The highest BCUT2D eigenvalue weighted by Gasteiger charge is 2.14. The number of rotatable bonds is 6. The molecule has 25 heavy (non-hydrogen) atoms. The van der Waals surface area contributed by atoms with E-state index in [2.05, 4.69) is 26.6 Å². The van der Waals surface area contributed by atoms with Gasteiger partial charge < -0.3 is 10.1 Å². The molecule has 1 heterocycles. The van der Waals surface area contributed by atoms with Crippen LogP contribution in [0.4, 0.5) is 0 Å². The van der Waals surface area contributed by atoms with E-state index in [0.29, 0.717) is 10.4 Å². The summed E-state index contributed by atoms with van der Waals surface area (Å²) in [6, 6.07) is 9.82. The summed E-state index contributed by atoms with van der Waals surface area (Å²) in [4.78, 5) is 46.9. The average molecular weight is 425 g/mol. The Morgan fingerprint density at radius 3 is 2.40 bits per heavy atom. The minimum absolute atomic E-state index is 0.376. The predicted octanol–water partition coefficient (Wildman–Crippen LogP) is 1.74. The number of carbonyl (C=O) groups is 4. The molecule has 130 valence electrons. The van der Waals surface area contributed by atoms with Crippen molar-refractivity contribution in [2.75, 3.05) is 13.2 Å². The Balaban J connectivity index is 1.69. The van der Waals surface area contributed by atoms with Crippen molar-refractivity contribution in [2.45, 2.75) is 0 Å². The molecule has 0 aliphatic rings. The van der Waals surface area contributed by atoms with E-state index in [1.165, 1.54) is 11.3 Å². The van der Waals surface area contributed by atoms with Crippen LogP contribution in [0.5, 0.6) is 0 Å². The molecule has 2 aromatic rings. The van der Waals surface area contributed by atoms with Gasteiger partial charge in [0, 0.05) is 10.0 Å². The van der Waals surface area contributed by atoms with Crippen molar-refractivity contribution in [1.29, 1.82) is 0 Å². The first-order valence-corrected chi connectivity index (χ1v) is 8.70. The number of halogens is 1. The second-order valence-electron chi connectivity index (χ2n) is 4.70. The van der Waals surface area contributed by atoms with Crippen LogP contribution in [0.3, 0.4) is 0 Å². The first-order valence-electron chi connectivity index (χ1n) is 7.03. The van der Waals surface area contributed by atoms with E-state index in [-0.39, 0.29) is 6.54 Å². The number of hydrogen-bond donors (Lipinski definition) is 2. The summed E-state index contributed by atoms with van der Waals surface area (Å²) in [5.41, 5.74) is 0.385. The van der Waals surface area contributed by atoms with Gasteiger partial charge in [-0.3, -0.25) is 24.5 Å². The molecule has 0 saturated carbocycles. The lowest BCUT2D eigenvalue weighted by atomic mass is 10.2. The molecule has 1 aromatic heterocycles. The third-order valence-electron chi connectivity index (χ3n) is 2.86. The summed E-state index contributed by atoms with van der Waals surface area (Å²) >= 11 is 4.44. The van der Waals surface area contributed by atoms with Crippen LogP contribution in [0.1, 0.15) is 20.0 Å². The number of carbonyl (C=O) groups excluding carboxylic acids is 4. The maximum atomic E-state index is 11.8. The van der Waals surface area contributed by atoms with E-state index in [0.717, 1.165) is 4.47 Å². The number of esters is 1. The molecular formula is C16H13BrN2O5S. The van der Waals surface area contributed by atoms with Gasteiger partial charge in [-0.25, -0.2) is 0 Å². The van der Waals surface area contributed by atoms with Crippen LogP contribution in [-0.4, -0.2) is 36.8 Å². The monoisotopic (exact) mass is 424 g/mol. The van der Waals surface area contributed by atoms with E-state index in [9.17, 15) is 19.2 Å².